The van der Waals surface area contributed by atoms with Crippen molar-refractivity contribution in [1.29, 1.82) is 0 Å². The van der Waals surface area contributed by atoms with Crippen LogP contribution in [0, 0.1) is 0 Å². The van der Waals surface area contributed by atoms with Crippen LogP contribution < -0.4 is 10.2 Å². The normalized spacial score (nSPS) is 15.5. The summed E-state index contributed by atoms with van der Waals surface area (Å²) in [6, 6.07) is 24.9. The lowest BCUT2D eigenvalue weighted by atomic mass is 9.81. The van der Waals surface area contributed by atoms with Crippen molar-refractivity contribution in [2.45, 2.75) is 167 Å². The van der Waals surface area contributed by atoms with Gasteiger partial charge in [-0.3, -0.25) is 4.79 Å². The van der Waals surface area contributed by atoms with Gasteiger partial charge in [-0.2, -0.15) is 13.3 Å². The number of amides is 1. The molecule has 2 aliphatic heterocycles. The van der Waals surface area contributed by atoms with Crippen LogP contribution in [0.25, 0.3) is 31.9 Å². The summed E-state index contributed by atoms with van der Waals surface area (Å²) in [6.07, 6.45) is 27.8. The Morgan fingerprint density at radius 3 is 2.08 bits per heavy atom. The average Bonchev–Trinajstić information content (AvgIpc) is 4.22. The molecule has 0 bridgehead atoms. The summed E-state index contributed by atoms with van der Waals surface area (Å²) < 4.78 is 12.4. The molecule has 10 heteroatoms. The highest BCUT2D eigenvalue weighted by Gasteiger charge is 2.42. The van der Waals surface area contributed by atoms with Gasteiger partial charge in [0.25, 0.3) is 0 Å². The zero-order valence-corrected chi connectivity index (χ0v) is 48.6. The molecule has 73 heavy (non-hydrogen) atoms. The van der Waals surface area contributed by atoms with E-state index in [0.717, 1.165) is 61.9 Å². The first-order valence-corrected chi connectivity index (χ1v) is 30.8. The van der Waals surface area contributed by atoms with Gasteiger partial charge in [0.05, 0.1) is 17.1 Å². The van der Waals surface area contributed by atoms with E-state index in [0.29, 0.717) is 13.0 Å². The number of thioether (sulfide) groups is 1. The van der Waals surface area contributed by atoms with Crippen LogP contribution >= 0.6 is 46.2 Å². The van der Waals surface area contributed by atoms with Gasteiger partial charge in [-0.05, 0) is 112 Å². The molecule has 6 aromatic rings. The van der Waals surface area contributed by atoms with E-state index in [-0.39, 0.29) is 16.7 Å². The molecule has 3 aromatic heterocycles. The molecule has 2 aliphatic rings. The summed E-state index contributed by atoms with van der Waals surface area (Å²) in [4.78, 5) is 22.8. The third-order valence-electron chi connectivity index (χ3n) is 15.2. The highest BCUT2D eigenvalue weighted by atomic mass is 32.2. The van der Waals surface area contributed by atoms with Gasteiger partial charge in [0.2, 0.25) is 11.6 Å². The van der Waals surface area contributed by atoms with E-state index in [9.17, 15) is 4.79 Å². The van der Waals surface area contributed by atoms with E-state index in [2.05, 4.69) is 174 Å². The molecular formula is C63H80N5OS4+. The molecule has 5 heterocycles. The Balaban J connectivity index is 0.928. The zero-order valence-electron chi connectivity index (χ0n) is 45.3. The minimum absolute atomic E-state index is 0.0533. The fraction of sp³-hybridized carbons (Fsp3) is 0.460. The molecule has 0 atom stereocenters. The molecule has 6 nitrogen and oxygen atoms in total. The number of unbranched alkanes of at least 4 members (excludes halogenated alkanes) is 7. The number of para-hydroxylation sites is 2. The van der Waals surface area contributed by atoms with E-state index in [1.165, 1.54) is 144 Å². The summed E-state index contributed by atoms with van der Waals surface area (Å²) >= 11 is 7.07. The average molecular weight is 1050 g/mol. The molecular weight excluding hydrogens is 971 g/mol. The Bertz CT molecular complexity index is 2980. The second-order valence-electron chi connectivity index (χ2n) is 21.0. The van der Waals surface area contributed by atoms with Crippen LogP contribution in [-0.4, -0.2) is 50.8 Å². The van der Waals surface area contributed by atoms with Gasteiger partial charge in [-0.1, -0.05) is 135 Å². The minimum atomic E-state index is -0.137. The molecule has 386 valence electrons. The molecule has 0 spiro atoms. The molecule has 0 radical (unpaired) electrons. The molecule has 1 N–H and O–H groups in total. The Labute approximate surface area is 454 Å². The smallest absolute Gasteiger partial charge is 0.220 e. The standard InChI is InChI=1S/C63H79N5OS4/c1-10-14-16-19-29-44-41-53(71-51(44)12-3)46-43-54(59(61-60(46)65-73-66-61)55-42-45(52(13-4)72-55)30-20-17-15-11-2)70-40-38-64-58(69)37-27-28-39-68-50-34-26-24-32-48(50)63(7,8)57(68)36-22-18-21-35-56-62(5,6)47-31-23-25-33-49(47)67(56)9/h18,21-26,31-36,41-43H,10-17,19-20,27-30,37-40H2,1-9H3/p+1. The highest BCUT2D eigenvalue weighted by molar-refractivity contribution is 7.99. The lowest BCUT2D eigenvalue weighted by Gasteiger charge is -2.27. The van der Waals surface area contributed by atoms with Gasteiger partial charge in [0.15, 0.2) is 5.71 Å². The van der Waals surface area contributed by atoms with Crippen molar-refractivity contribution >= 4 is 80.2 Å². The quantitative estimate of drug-likeness (QED) is 0.0254. The lowest BCUT2D eigenvalue weighted by Crippen LogP contribution is -2.28. The largest absolute Gasteiger partial charge is 0.355 e. The van der Waals surface area contributed by atoms with Gasteiger partial charge in [-0.25, -0.2) is 0 Å². The maximum Gasteiger partial charge on any atom is 0.220 e. The number of nitrogens with one attached hydrogen (secondary N) is 1. The number of carbonyl (C=O) groups excluding carboxylic acids is 1. The number of benzene rings is 3. The number of rotatable bonds is 26. The first-order chi connectivity index (χ1) is 35.4. The van der Waals surface area contributed by atoms with Crippen molar-refractivity contribution in [3.05, 3.63) is 135 Å². The first kappa shape index (κ1) is 54.6. The molecule has 0 fully saturated rings. The number of aromatic nitrogens is 2. The van der Waals surface area contributed by atoms with Crippen LogP contribution in [0.2, 0.25) is 0 Å². The Hall–Kier alpha value is -4.61. The fourth-order valence-corrected chi connectivity index (χ4v) is 15.2. The van der Waals surface area contributed by atoms with E-state index in [1.54, 1.807) is 0 Å². The van der Waals surface area contributed by atoms with Crippen molar-refractivity contribution < 1.29 is 9.37 Å². The Morgan fingerprint density at radius 2 is 1.38 bits per heavy atom. The lowest BCUT2D eigenvalue weighted by molar-refractivity contribution is -0.401. The third-order valence-corrected chi connectivity index (χ3v) is 19.5. The number of fused-ring (bicyclic) bond motifs is 3. The zero-order chi connectivity index (χ0) is 51.5. The monoisotopic (exact) mass is 1050 g/mol. The maximum absolute atomic E-state index is 13.5. The van der Waals surface area contributed by atoms with Gasteiger partial charge in [-0.15, -0.1) is 34.4 Å². The molecule has 1 amide bonds. The Morgan fingerprint density at radius 1 is 0.726 bits per heavy atom. The molecule has 0 saturated heterocycles. The predicted molar refractivity (Wildman–Crippen MR) is 320 cm³/mol. The molecule has 0 unspecified atom stereocenters. The van der Waals surface area contributed by atoms with Crippen LogP contribution in [0.1, 0.15) is 158 Å². The number of aryl methyl sites for hydroxylation is 4. The minimum Gasteiger partial charge on any atom is -0.355 e. The molecule has 8 rings (SSSR count). The van der Waals surface area contributed by atoms with Crippen LogP contribution in [0.3, 0.4) is 0 Å². The number of hydrogen-bond acceptors (Lipinski definition) is 8. The van der Waals surface area contributed by atoms with E-state index in [1.807, 2.05) is 34.4 Å². The van der Waals surface area contributed by atoms with Crippen molar-refractivity contribution in [2.24, 2.45) is 0 Å². The Kier molecular flexibility index (Phi) is 18.9. The number of allylic oxidation sites excluding steroid dienone is 6. The summed E-state index contributed by atoms with van der Waals surface area (Å²) in [5.74, 6) is 0.906. The van der Waals surface area contributed by atoms with Crippen LogP contribution in [0.4, 0.5) is 11.4 Å². The van der Waals surface area contributed by atoms with Crippen molar-refractivity contribution in [1.82, 2.24) is 14.1 Å². The van der Waals surface area contributed by atoms with Crippen LogP contribution in [0.5, 0.6) is 0 Å². The van der Waals surface area contributed by atoms with Gasteiger partial charge >= 0.3 is 0 Å². The summed E-state index contributed by atoms with van der Waals surface area (Å²) in [5.41, 5.74) is 15.1. The van der Waals surface area contributed by atoms with E-state index in [4.69, 9.17) is 8.75 Å². The van der Waals surface area contributed by atoms with Gasteiger partial charge in [0, 0.05) is 95.3 Å². The molecule has 0 saturated carbocycles. The number of nitrogens with zero attached hydrogens (tertiary/aromatic N) is 4. The van der Waals surface area contributed by atoms with Crippen molar-refractivity contribution in [3.8, 4) is 20.9 Å². The summed E-state index contributed by atoms with van der Waals surface area (Å²) in [5, 5.41) is 3.31. The number of anilines is 1. The third kappa shape index (κ3) is 12.2. The van der Waals surface area contributed by atoms with Gasteiger partial charge < -0.3 is 10.2 Å². The highest BCUT2D eigenvalue weighted by Crippen LogP contribution is 2.49. The first-order valence-electron chi connectivity index (χ1n) is 27.5. The molecule has 3 aromatic carbocycles. The maximum atomic E-state index is 13.5. The topological polar surface area (TPSA) is 61.1 Å². The van der Waals surface area contributed by atoms with E-state index >= 15 is 0 Å². The second-order valence-corrected chi connectivity index (χ2v) is 25.0. The molecule has 0 aliphatic carbocycles. The van der Waals surface area contributed by atoms with Gasteiger partial charge in [0.1, 0.15) is 18.1 Å². The predicted octanol–water partition coefficient (Wildman–Crippen LogP) is 17.4. The summed E-state index contributed by atoms with van der Waals surface area (Å²) in [7, 11) is 2.17. The van der Waals surface area contributed by atoms with Crippen LogP contribution in [-0.2, 0) is 41.3 Å². The second kappa shape index (κ2) is 25.3. The number of hydrogen-bond donors (Lipinski definition) is 1. The SMILES string of the molecule is CCCCCCc1cc(-c2cc(SCCNC(=O)CCCCN3/C(=C/C=C/C=C/C4=[N+](C)c5ccccc5C4(C)C)C(C)(C)c4ccccc43)c(-c3cc(CCCCCC)c(CC)s3)c3nsnc23)sc1CC. The fourth-order valence-electron chi connectivity index (χ4n) is 11.2. The number of thiophene rings is 2. The van der Waals surface area contributed by atoms with Crippen LogP contribution in [0.15, 0.2) is 108 Å². The van der Waals surface area contributed by atoms with E-state index < -0.39 is 0 Å². The van der Waals surface area contributed by atoms with Crippen molar-refractivity contribution in [2.75, 3.05) is 30.8 Å². The summed E-state index contributed by atoms with van der Waals surface area (Å²) in [6.45, 7) is 19.9. The van der Waals surface area contributed by atoms with Crippen molar-refractivity contribution in [3.63, 3.8) is 0 Å². The number of carbonyl (C=O) groups is 1.